The lowest BCUT2D eigenvalue weighted by Gasteiger charge is -2.04. The molecular weight excluding hydrogens is 231 g/mol. The molecule has 0 unspecified atom stereocenters. The molecule has 0 heterocycles. The molecule has 2 rings (SSSR count). The third-order valence-corrected chi connectivity index (χ3v) is 2.58. The monoisotopic (exact) mass is 244 g/mol. The second-order valence-corrected chi connectivity index (χ2v) is 3.77. The maximum Gasteiger partial charge on any atom is 0.333 e. The van der Waals surface area contributed by atoms with Gasteiger partial charge in [0.05, 0.1) is 12.7 Å². The molecule has 18 heavy (non-hydrogen) atoms. The summed E-state index contributed by atoms with van der Waals surface area (Å²) in [5.41, 5.74) is 0.404. The molecule has 92 valence electrons. The van der Waals surface area contributed by atoms with E-state index in [1.54, 1.807) is 19.1 Å². The number of fused-ring (bicyclic) bond motifs is 1. The molecule has 0 aliphatic rings. The zero-order chi connectivity index (χ0) is 13.0. The number of ether oxygens (including phenoxy) is 1. The molecular formula is C15H13FO2. The van der Waals surface area contributed by atoms with E-state index in [-0.39, 0.29) is 6.61 Å². The van der Waals surface area contributed by atoms with Gasteiger partial charge in [0.15, 0.2) is 0 Å². The molecule has 0 bridgehead atoms. The molecule has 0 saturated carbocycles. The topological polar surface area (TPSA) is 26.3 Å². The number of benzene rings is 2. The average Bonchev–Trinajstić information content (AvgIpc) is 2.38. The number of carbonyl (C=O) groups excluding carboxylic acids is 1. The van der Waals surface area contributed by atoms with Crippen molar-refractivity contribution in [3.8, 4) is 0 Å². The minimum absolute atomic E-state index is 0.234. The van der Waals surface area contributed by atoms with Gasteiger partial charge in [-0.2, -0.15) is 0 Å². The Morgan fingerprint density at radius 1 is 1.22 bits per heavy atom. The molecule has 0 aliphatic carbocycles. The maximum absolute atomic E-state index is 14.0. The lowest BCUT2D eigenvalue weighted by Crippen LogP contribution is -2.00. The molecule has 0 spiro atoms. The van der Waals surface area contributed by atoms with Gasteiger partial charge in [-0.25, -0.2) is 9.18 Å². The number of esters is 1. The fourth-order valence-corrected chi connectivity index (χ4v) is 1.80. The summed E-state index contributed by atoms with van der Waals surface area (Å²) < 4.78 is 18.7. The average molecular weight is 244 g/mol. The molecule has 2 aromatic carbocycles. The Morgan fingerprint density at radius 3 is 2.72 bits per heavy atom. The van der Waals surface area contributed by atoms with Crippen LogP contribution in [0.25, 0.3) is 16.6 Å². The van der Waals surface area contributed by atoms with E-state index in [0.717, 1.165) is 16.8 Å². The van der Waals surface area contributed by atoms with Crippen molar-refractivity contribution in [2.45, 2.75) is 6.92 Å². The lowest BCUT2D eigenvalue weighted by atomic mass is 10.0. The summed E-state index contributed by atoms with van der Waals surface area (Å²) in [5.74, 6) is -1.24. The minimum Gasteiger partial charge on any atom is -0.463 e. The highest BCUT2D eigenvalue weighted by Gasteiger charge is 2.08. The third kappa shape index (κ3) is 2.56. The van der Waals surface area contributed by atoms with Crippen LogP contribution in [0.4, 0.5) is 4.39 Å². The first kappa shape index (κ1) is 12.3. The lowest BCUT2D eigenvalue weighted by molar-refractivity contribution is -0.137. The van der Waals surface area contributed by atoms with Crippen molar-refractivity contribution in [3.63, 3.8) is 0 Å². The van der Waals surface area contributed by atoms with Gasteiger partial charge in [0.25, 0.3) is 0 Å². The van der Waals surface area contributed by atoms with Gasteiger partial charge < -0.3 is 4.74 Å². The summed E-state index contributed by atoms with van der Waals surface area (Å²) in [7, 11) is 0. The summed E-state index contributed by atoms with van der Waals surface area (Å²) in [4.78, 5) is 11.2. The van der Waals surface area contributed by atoms with E-state index < -0.39 is 11.8 Å². The van der Waals surface area contributed by atoms with E-state index >= 15 is 0 Å². The Labute approximate surface area is 105 Å². The summed E-state index contributed by atoms with van der Waals surface area (Å²) in [6.07, 6.45) is 0.880. The molecule has 0 radical (unpaired) electrons. The predicted octanol–water partition coefficient (Wildman–Crippen LogP) is 3.71. The van der Waals surface area contributed by atoms with Crippen molar-refractivity contribution in [2.75, 3.05) is 6.61 Å². The molecule has 0 atom stereocenters. The molecule has 2 aromatic rings. The van der Waals surface area contributed by atoms with Crippen LogP contribution in [-0.2, 0) is 9.53 Å². The van der Waals surface area contributed by atoms with Crippen LogP contribution in [0, 0.1) is 0 Å². The van der Waals surface area contributed by atoms with Crippen LogP contribution in [-0.4, -0.2) is 12.6 Å². The first-order valence-electron chi connectivity index (χ1n) is 5.74. The van der Waals surface area contributed by atoms with E-state index in [1.807, 2.05) is 30.3 Å². The van der Waals surface area contributed by atoms with Gasteiger partial charge in [0, 0.05) is 5.56 Å². The highest BCUT2D eigenvalue weighted by Crippen LogP contribution is 2.25. The number of halogens is 1. The summed E-state index contributed by atoms with van der Waals surface area (Å²) >= 11 is 0. The van der Waals surface area contributed by atoms with Crippen LogP contribution >= 0.6 is 0 Å². The first-order chi connectivity index (χ1) is 8.72. The SMILES string of the molecule is CCOC(=O)/C=C(/F)c1cccc2ccccc12. The Bertz CT molecular complexity index is 597. The molecule has 0 fully saturated rings. The minimum atomic E-state index is -0.664. The Kier molecular flexibility index (Phi) is 3.72. The Balaban J connectivity index is 2.45. The van der Waals surface area contributed by atoms with Gasteiger partial charge in [0.1, 0.15) is 5.83 Å². The normalized spacial score (nSPS) is 11.6. The standard InChI is InChI=1S/C15H13FO2/c1-2-18-15(17)10-14(16)13-9-5-7-11-6-3-4-8-12(11)13/h3-10H,2H2,1H3/b14-10+. The quantitative estimate of drug-likeness (QED) is 0.607. The van der Waals surface area contributed by atoms with Gasteiger partial charge in [-0.3, -0.25) is 0 Å². The fraction of sp³-hybridized carbons (Fsp3) is 0.133. The van der Waals surface area contributed by atoms with Crippen molar-refractivity contribution in [3.05, 3.63) is 54.1 Å². The summed E-state index contributed by atoms with van der Waals surface area (Å²) in [5, 5.41) is 1.71. The zero-order valence-corrected chi connectivity index (χ0v) is 10.0. The Hall–Kier alpha value is -2.16. The van der Waals surface area contributed by atoms with E-state index in [9.17, 15) is 9.18 Å². The summed E-state index contributed by atoms with van der Waals surface area (Å²) in [6, 6.07) is 12.8. The molecule has 0 N–H and O–H groups in total. The maximum atomic E-state index is 14.0. The Morgan fingerprint density at radius 2 is 1.94 bits per heavy atom. The molecule has 0 amide bonds. The van der Waals surface area contributed by atoms with Crippen molar-refractivity contribution in [1.29, 1.82) is 0 Å². The van der Waals surface area contributed by atoms with E-state index in [2.05, 4.69) is 0 Å². The van der Waals surface area contributed by atoms with E-state index in [1.165, 1.54) is 0 Å². The number of hydrogen-bond donors (Lipinski definition) is 0. The second kappa shape index (κ2) is 5.45. The zero-order valence-electron chi connectivity index (χ0n) is 10.0. The van der Waals surface area contributed by atoms with Crippen LogP contribution in [0.2, 0.25) is 0 Å². The van der Waals surface area contributed by atoms with E-state index in [0.29, 0.717) is 5.56 Å². The third-order valence-electron chi connectivity index (χ3n) is 2.58. The first-order valence-corrected chi connectivity index (χ1v) is 5.74. The molecule has 0 aliphatic heterocycles. The van der Waals surface area contributed by atoms with Crippen LogP contribution in [0.3, 0.4) is 0 Å². The van der Waals surface area contributed by atoms with Gasteiger partial charge in [-0.1, -0.05) is 42.5 Å². The second-order valence-electron chi connectivity index (χ2n) is 3.77. The number of rotatable bonds is 3. The van der Waals surface area contributed by atoms with Crippen molar-refractivity contribution >= 4 is 22.6 Å². The summed E-state index contributed by atoms with van der Waals surface area (Å²) in [6.45, 7) is 1.92. The van der Waals surface area contributed by atoms with Crippen molar-refractivity contribution in [1.82, 2.24) is 0 Å². The number of hydrogen-bond acceptors (Lipinski definition) is 2. The number of carbonyl (C=O) groups is 1. The smallest absolute Gasteiger partial charge is 0.333 e. The van der Waals surface area contributed by atoms with Crippen LogP contribution < -0.4 is 0 Å². The predicted molar refractivity (Wildman–Crippen MR) is 69.7 cm³/mol. The highest BCUT2D eigenvalue weighted by molar-refractivity contribution is 5.97. The van der Waals surface area contributed by atoms with Crippen LogP contribution in [0.15, 0.2) is 48.5 Å². The molecule has 0 saturated heterocycles. The van der Waals surface area contributed by atoms with Gasteiger partial charge in [-0.05, 0) is 17.7 Å². The van der Waals surface area contributed by atoms with Crippen molar-refractivity contribution in [2.24, 2.45) is 0 Å². The fourth-order valence-electron chi connectivity index (χ4n) is 1.80. The van der Waals surface area contributed by atoms with Crippen LogP contribution in [0.5, 0.6) is 0 Å². The van der Waals surface area contributed by atoms with Gasteiger partial charge in [0.2, 0.25) is 0 Å². The van der Waals surface area contributed by atoms with Crippen LogP contribution in [0.1, 0.15) is 12.5 Å². The van der Waals surface area contributed by atoms with Crippen molar-refractivity contribution < 1.29 is 13.9 Å². The molecule has 2 nitrogen and oxygen atoms in total. The van der Waals surface area contributed by atoms with Gasteiger partial charge >= 0.3 is 5.97 Å². The molecule has 3 heteroatoms. The van der Waals surface area contributed by atoms with Gasteiger partial charge in [-0.15, -0.1) is 0 Å². The highest BCUT2D eigenvalue weighted by atomic mass is 19.1. The largest absolute Gasteiger partial charge is 0.463 e. The molecule has 0 aromatic heterocycles. The van der Waals surface area contributed by atoms with E-state index in [4.69, 9.17) is 4.74 Å².